The third kappa shape index (κ3) is 3.30. The second-order valence-electron chi connectivity index (χ2n) is 4.22. The zero-order chi connectivity index (χ0) is 15.6. The Labute approximate surface area is 124 Å². The van der Waals surface area contributed by atoms with Crippen molar-refractivity contribution in [2.75, 3.05) is 16.8 Å². The number of nitrogens with one attached hydrogen (secondary N) is 1. The number of hydrogen-bond acceptors (Lipinski definition) is 6. The van der Waals surface area contributed by atoms with E-state index >= 15 is 0 Å². The lowest BCUT2D eigenvalue weighted by Gasteiger charge is -2.08. The first-order chi connectivity index (χ1) is 9.85. The number of sulfone groups is 1. The lowest BCUT2D eigenvalue weighted by atomic mass is 10.2. The molecule has 0 unspecified atom stereocenters. The van der Waals surface area contributed by atoms with Gasteiger partial charge in [-0.3, -0.25) is 0 Å². The van der Waals surface area contributed by atoms with Crippen LogP contribution in [0.15, 0.2) is 23.1 Å². The van der Waals surface area contributed by atoms with Gasteiger partial charge in [0.25, 0.3) is 0 Å². The minimum atomic E-state index is -3.55. The van der Waals surface area contributed by atoms with Gasteiger partial charge in [0.05, 0.1) is 5.75 Å². The Kier molecular flexibility index (Phi) is 4.43. The van der Waals surface area contributed by atoms with E-state index in [0.717, 1.165) is 29.7 Å². The van der Waals surface area contributed by atoms with Crippen LogP contribution in [0.3, 0.4) is 0 Å². The molecule has 0 aliphatic carbocycles. The standard InChI is InChI=1S/C12H13F2N3O2S2/c1-2-21(18,19)10-11(15)17-20-12(10)16-6-7-5-8(13)3-4-9(7)14/h3-5,16H,2,6H2,1H3,(H2,15,17). The van der Waals surface area contributed by atoms with E-state index in [1.165, 1.54) is 6.92 Å². The van der Waals surface area contributed by atoms with Crippen molar-refractivity contribution in [3.05, 3.63) is 35.4 Å². The first-order valence-electron chi connectivity index (χ1n) is 6.01. The van der Waals surface area contributed by atoms with Crippen LogP contribution in [0.2, 0.25) is 0 Å². The number of halogens is 2. The van der Waals surface area contributed by atoms with E-state index in [2.05, 4.69) is 9.69 Å². The normalized spacial score (nSPS) is 11.6. The second kappa shape index (κ2) is 5.94. The van der Waals surface area contributed by atoms with Gasteiger partial charge in [-0.15, -0.1) is 0 Å². The Morgan fingerprint density at radius 3 is 2.76 bits per heavy atom. The van der Waals surface area contributed by atoms with Crippen LogP contribution in [0.25, 0.3) is 0 Å². The summed E-state index contributed by atoms with van der Waals surface area (Å²) in [6.45, 7) is 1.42. The quantitative estimate of drug-likeness (QED) is 0.878. The molecule has 0 saturated heterocycles. The van der Waals surface area contributed by atoms with Crippen molar-refractivity contribution in [1.82, 2.24) is 4.37 Å². The van der Waals surface area contributed by atoms with Crippen LogP contribution in [0, 0.1) is 11.6 Å². The van der Waals surface area contributed by atoms with Gasteiger partial charge in [0.1, 0.15) is 21.5 Å². The summed E-state index contributed by atoms with van der Waals surface area (Å²) < 4.78 is 54.3. The van der Waals surface area contributed by atoms with Crippen LogP contribution in [-0.4, -0.2) is 18.5 Å². The Morgan fingerprint density at radius 1 is 1.38 bits per heavy atom. The number of nitrogens with zero attached hydrogens (tertiary/aromatic N) is 1. The maximum atomic E-state index is 13.5. The van der Waals surface area contributed by atoms with Crippen molar-refractivity contribution < 1.29 is 17.2 Å². The van der Waals surface area contributed by atoms with E-state index < -0.39 is 21.5 Å². The first-order valence-corrected chi connectivity index (χ1v) is 8.43. The van der Waals surface area contributed by atoms with Crippen LogP contribution in [0.5, 0.6) is 0 Å². The molecular formula is C12H13F2N3O2S2. The third-order valence-corrected chi connectivity index (χ3v) is 5.56. The minimum Gasteiger partial charge on any atom is -0.382 e. The van der Waals surface area contributed by atoms with Crippen LogP contribution in [0.1, 0.15) is 12.5 Å². The molecule has 2 rings (SSSR count). The van der Waals surface area contributed by atoms with E-state index in [0.29, 0.717) is 0 Å². The van der Waals surface area contributed by atoms with Gasteiger partial charge in [-0.1, -0.05) is 6.92 Å². The molecule has 1 aromatic carbocycles. The Balaban J connectivity index is 2.28. The highest BCUT2D eigenvalue weighted by molar-refractivity contribution is 7.91. The number of hydrogen-bond donors (Lipinski definition) is 2. The summed E-state index contributed by atoms with van der Waals surface area (Å²) in [6, 6.07) is 3.06. The Bertz CT molecular complexity index is 760. The number of nitrogens with two attached hydrogens (primary N) is 1. The van der Waals surface area contributed by atoms with E-state index in [1.54, 1.807) is 0 Å². The largest absolute Gasteiger partial charge is 0.382 e. The second-order valence-corrected chi connectivity index (χ2v) is 7.21. The maximum Gasteiger partial charge on any atom is 0.184 e. The molecule has 0 atom stereocenters. The Morgan fingerprint density at radius 2 is 2.10 bits per heavy atom. The highest BCUT2D eigenvalue weighted by atomic mass is 32.2. The van der Waals surface area contributed by atoms with E-state index in [1.807, 2.05) is 0 Å². The van der Waals surface area contributed by atoms with Crippen molar-refractivity contribution in [3.63, 3.8) is 0 Å². The molecule has 0 aliphatic rings. The monoisotopic (exact) mass is 333 g/mol. The number of nitrogen functional groups attached to an aromatic ring is 1. The van der Waals surface area contributed by atoms with Crippen molar-refractivity contribution in [3.8, 4) is 0 Å². The molecule has 0 saturated carbocycles. The van der Waals surface area contributed by atoms with Crippen molar-refractivity contribution in [2.45, 2.75) is 18.4 Å². The third-order valence-electron chi connectivity index (χ3n) is 2.81. The fourth-order valence-electron chi connectivity index (χ4n) is 1.71. The van der Waals surface area contributed by atoms with Gasteiger partial charge in [-0.2, -0.15) is 4.37 Å². The molecular weight excluding hydrogens is 320 g/mol. The molecule has 9 heteroatoms. The summed E-state index contributed by atoms with van der Waals surface area (Å²) >= 11 is 0.866. The molecule has 1 heterocycles. The molecule has 3 N–H and O–H groups in total. The summed E-state index contributed by atoms with van der Waals surface area (Å²) in [4.78, 5) is -0.0909. The molecule has 5 nitrogen and oxygen atoms in total. The van der Waals surface area contributed by atoms with E-state index in [-0.39, 0.29) is 33.6 Å². The molecule has 0 spiro atoms. The van der Waals surface area contributed by atoms with Crippen LogP contribution in [-0.2, 0) is 16.4 Å². The van der Waals surface area contributed by atoms with E-state index in [4.69, 9.17) is 5.73 Å². The summed E-state index contributed by atoms with van der Waals surface area (Å²) in [6.07, 6.45) is 0. The van der Waals surface area contributed by atoms with Gasteiger partial charge in [-0.25, -0.2) is 17.2 Å². The lowest BCUT2D eigenvalue weighted by molar-refractivity contribution is 0.587. The molecule has 0 fully saturated rings. The maximum absolute atomic E-state index is 13.5. The summed E-state index contributed by atoms with van der Waals surface area (Å²) in [5, 5.41) is 2.97. The first kappa shape index (κ1) is 15.6. The molecule has 21 heavy (non-hydrogen) atoms. The predicted octanol–water partition coefficient (Wildman–Crippen LogP) is 2.41. The van der Waals surface area contributed by atoms with Gasteiger partial charge in [0.15, 0.2) is 15.7 Å². The SMILES string of the molecule is CCS(=O)(=O)c1c(N)nsc1NCc1cc(F)ccc1F. The highest BCUT2D eigenvalue weighted by Gasteiger charge is 2.23. The average Bonchev–Trinajstić information content (AvgIpc) is 2.81. The van der Waals surface area contributed by atoms with Gasteiger partial charge >= 0.3 is 0 Å². The van der Waals surface area contributed by atoms with Crippen molar-refractivity contribution in [2.24, 2.45) is 0 Å². The smallest absolute Gasteiger partial charge is 0.184 e. The number of rotatable bonds is 5. The minimum absolute atomic E-state index is 0.0720. The van der Waals surface area contributed by atoms with Crippen molar-refractivity contribution in [1.29, 1.82) is 0 Å². The number of benzene rings is 1. The molecule has 2 aromatic rings. The molecule has 0 radical (unpaired) electrons. The summed E-state index contributed by atoms with van der Waals surface area (Å²) in [5.74, 6) is -1.37. The summed E-state index contributed by atoms with van der Waals surface area (Å²) in [5.41, 5.74) is 5.66. The van der Waals surface area contributed by atoms with Gasteiger partial charge in [0.2, 0.25) is 0 Å². The average molecular weight is 333 g/mol. The molecule has 1 aromatic heterocycles. The van der Waals surface area contributed by atoms with Gasteiger partial charge < -0.3 is 11.1 Å². The molecule has 0 amide bonds. The van der Waals surface area contributed by atoms with Crippen LogP contribution in [0.4, 0.5) is 19.6 Å². The zero-order valence-electron chi connectivity index (χ0n) is 11.1. The highest BCUT2D eigenvalue weighted by Crippen LogP contribution is 2.32. The number of anilines is 2. The molecule has 0 bridgehead atoms. The number of aromatic nitrogens is 1. The summed E-state index contributed by atoms with van der Waals surface area (Å²) in [7, 11) is -3.55. The fourth-order valence-corrected chi connectivity index (χ4v) is 3.87. The zero-order valence-corrected chi connectivity index (χ0v) is 12.7. The van der Waals surface area contributed by atoms with Crippen LogP contribution >= 0.6 is 11.5 Å². The predicted molar refractivity (Wildman–Crippen MR) is 77.9 cm³/mol. The van der Waals surface area contributed by atoms with Gasteiger partial charge in [0, 0.05) is 12.1 Å². The molecule has 0 aliphatic heterocycles. The van der Waals surface area contributed by atoms with Crippen LogP contribution < -0.4 is 11.1 Å². The lowest BCUT2D eigenvalue weighted by Crippen LogP contribution is -2.09. The topological polar surface area (TPSA) is 85.1 Å². The fraction of sp³-hybridized carbons (Fsp3) is 0.250. The van der Waals surface area contributed by atoms with Crippen molar-refractivity contribution >= 4 is 32.2 Å². The Hall–Kier alpha value is -1.74. The molecule has 114 valence electrons. The van der Waals surface area contributed by atoms with Gasteiger partial charge in [-0.05, 0) is 29.7 Å². The van der Waals surface area contributed by atoms with E-state index in [9.17, 15) is 17.2 Å².